The highest BCUT2D eigenvalue weighted by Crippen LogP contribution is 2.39. The summed E-state index contributed by atoms with van der Waals surface area (Å²) in [7, 11) is 0. The minimum atomic E-state index is -0.298. The van der Waals surface area contributed by atoms with Crippen LogP contribution in [0.2, 0.25) is 0 Å². The van der Waals surface area contributed by atoms with Gasteiger partial charge in [0.2, 0.25) is 0 Å². The van der Waals surface area contributed by atoms with E-state index in [1.165, 1.54) is 19.3 Å². The average Bonchev–Trinajstić information content (AvgIpc) is 2.26. The van der Waals surface area contributed by atoms with Crippen molar-refractivity contribution in [2.75, 3.05) is 6.61 Å². The summed E-state index contributed by atoms with van der Waals surface area (Å²) in [5.41, 5.74) is 6.80. The Bertz CT molecular complexity index is 438. The van der Waals surface area contributed by atoms with E-state index in [0.29, 0.717) is 18.3 Å². The number of hydrogen-bond donors (Lipinski definition) is 1. The predicted octanol–water partition coefficient (Wildman–Crippen LogP) is 3.34. The molecule has 0 bridgehead atoms. The molecule has 0 saturated heterocycles. The molecule has 1 aromatic rings. The summed E-state index contributed by atoms with van der Waals surface area (Å²) in [6.07, 6.45) is 6.75. The van der Waals surface area contributed by atoms with Gasteiger partial charge in [-0.3, -0.25) is 0 Å². The van der Waals surface area contributed by atoms with Crippen molar-refractivity contribution in [3.05, 3.63) is 29.6 Å². The summed E-state index contributed by atoms with van der Waals surface area (Å²) >= 11 is 0. The van der Waals surface area contributed by atoms with Crippen molar-refractivity contribution in [3.63, 3.8) is 0 Å². The van der Waals surface area contributed by atoms with Crippen LogP contribution in [0.15, 0.2) is 18.2 Å². The molecule has 2 saturated carbocycles. The lowest BCUT2D eigenvalue weighted by atomic mass is 9.73. The quantitative estimate of drug-likeness (QED) is 0.888. The van der Waals surface area contributed by atoms with Crippen molar-refractivity contribution in [3.8, 4) is 5.75 Å². The molecular weight excluding hydrogens is 229 g/mol. The molecule has 98 valence electrons. The Morgan fingerprint density at radius 1 is 1.28 bits per heavy atom. The predicted molar refractivity (Wildman–Crippen MR) is 69.0 cm³/mol. The van der Waals surface area contributed by atoms with Gasteiger partial charge in [0.25, 0.3) is 0 Å². The van der Waals surface area contributed by atoms with E-state index in [0.717, 1.165) is 24.8 Å². The number of rotatable bonds is 4. The zero-order valence-electron chi connectivity index (χ0n) is 10.6. The maximum absolute atomic E-state index is 13.9. The molecular formula is C15H20FNO. The molecule has 18 heavy (non-hydrogen) atoms. The van der Waals surface area contributed by atoms with Gasteiger partial charge in [0.05, 0.1) is 6.61 Å². The van der Waals surface area contributed by atoms with Crippen LogP contribution in [0.1, 0.15) is 44.1 Å². The summed E-state index contributed by atoms with van der Waals surface area (Å²) in [6, 6.07) is 5.20. The van der Waals surface area contributed by atoms with Gasteiger partial charge < -0.3 is 10.5 Å². The topological polar surface area (TPSA) is 35.2 Å². The normalized spacial score (nSPS) is 22.1. The third-order valence-electron chi connectivity index (χ3n) is 4.45. The molecule has 2 N–H and O–H groups in total. The van der Waals surface area contributed by atoms with Gasteiger partial charge in [0, 0.05) is 5.54 Å². The van der Waals surface area contributed by atoms with Crippen LogP contribution in [0.3, 0.4) is 0 Å². The molecule has 0 spiro atoms. The van der Waals surface area contributed by atoms with Crippen molar-refractivity contribution in [1.29, 1.82) is 0 Å². The lowest BCUT2D eigenvalue weighted by molar-refractivity contribution is 0.175. The monoisotopic (exact) mass is 249 g/mol. The van der Waals surface area contributed by atoms with Crippen molar-refractivity contribution < 1.29 is 9.13 Å². The van der Waals surface area contributed by atoms with Gasteiger partial charge in [0.1, 0.15) is 0 Å². The Labute approximate surface area is 107 Å². The molecule has 0 heterocycles. The van der Waals surface area contributed by atoms with Crippen LogP contribution in [-0.2, 0) is 5.54 Å². The molecule has 3 heteroatoms. The Balaban J connectivity index is 1.68. The van der Waals surface area contributed by atoms with Gasteiger partial charge in [-0.2, -0.15) is 0 Å². The van der Waals surface area contributed by atoms with Crippen molar-refractivity contribution in [2.24, 2.45) is 11.7 Å². The lowest BCUT2D eigenvalue weighted by Gasteiger charge is -2.38. The fourth-order valence-electron chi connectivity index (χ4n) is 2.64. The molecule has 2 fully saturated rings. The maximum atomic E-state index is 13.9. The highest BCUT2D eigenvalue weighted by Gasteiger charge is 2.34. The summed E-state index contributed by atoms with van der Waals surface area (Å²) < 4.78 is 19.5. The van der Waals surface area contributed by atoms with Gasteiger partial charge in [0.15, 0.2) is 11.6 Å². The zero-order chi connectivity index (χ0) is 12.6. The summed E-state index contributed by atoms with van der Waals surface area (Å²) in [5, 5.41) is 0. The van der Waals surface area contributed by atoms with Crippen LogP contribution in [0, 0.1) is 11.7 Å². The van der Waals surface area contributed by atoms with E-state index in [9.17, 15) is 4.39 Å². The SMILES string of the molecule is NC1(c2ccc(OCC3CCC3)c(F)c2)CCC1. The Morgan fingerprint density at radius 2 is 2.06 bits per heavy atom. The molecule has 1 aromatic carbocycles. The number of hydrogen-bond acceptors (Lipinski definition) is 2. The van der Waals surface area contributed by atoms with Crippen LogP contribution in [0.5, 0.6) is 5.75 Å². The lowest BCUT2D eigenvalue weighted by Crippen LogP contribution is -2.43. The third-order valence-corrected chi connectivity index (χ3v) is 4.45. The first-order valence-electron chi connectivity index (χ1n) is 6.89. The van der Waals surface area contributed by atoms with E-state index in [1.807, 2.05) is 6.07 Å². The van der Waals surface area contributed by atoms with Crippen molar-refractivity contribution >= 4 is 0 Å². The third kappa shape index (κ3) is 2.12. The highest BCUT2D eigenvalue weighted by molar-refractivity contribution is 5.34. The first-order valence-corrected chi connectivity index (χ1v) is 6.89. The fourth-order valence-corrected chi connectivity index (χ4v) is 2.64. The summed E-state index contributed by atoms with van der Waals surface area (Å²) in [4.78, 5) is 0. The van der Waals surface area contributed by atoms with E-state index < -0.39 is 0 Å². The van der Waals surface area contributed by atoms with Crippen LogP contribution in [0.25, 0.3) is 0 Å². The van der Waals surface area contributed by atoms with E-state index in [-0.39, 0.29) is 11.4 Å². The highest BCUT2D eigenvalue weighted by atomic mass is 19.1. The molecule has 0 unspecified atom stereocenters. The molecule has 2 aliphatic rings. The fraction of sp³-hybridized carbons (Fsp3) is 0.600. The van der Waals surface area contributed by atoms with E-state index in [2.05, 4.69) is 0 Å². The Hall–Kier alpha value is -1.09. The number of benzene rings is 1. The van der Waals surface area contributed by atoms with Crippen LogP contribution in [0.4, 0.5) is 4.39 Å². The van der Waals surface area contributed by atoms with Gasteiger partial charge in [-0.1, -0.05) is 12.5 Å². The molecule has 0 amide bonds. The van der Waals surface area contributed by atoms with Crippen LogP contribution < -0.4 is 10.5 Å². The van der Waals surface area contributed by atoms with Gasteiger partial charge in [-0.25, -0.2) is 4.39 Å². The Morgan fingerprint density at radius 3 is 2.56 bits per heavy atom. The smallest absolute Gasteiger partial charge is 0.165 e. The number of halogens is 1. The second kappa shape index (κ2) is 4.54. The maximum Gasteiger partial charge on any atom is 0.165 e. The second-order valence-electron chi connectivity index (χ2n) is 5.76. The second-order valence-corrected chi connectivity index (χ2v) is 5.76. The molecule has 0 aromatic heterocycles. The van der Waals surface area contributed by atoms with E-state index >= 15 is 0 Å². The standard InChI is InChI=1S/C15H20FNO/c16-13-9-12(15(17)7-2-8-15)5-6-14(13)18-10-11-3-1-4-11/h5-6,9,11H,1-4,7-8,10,17H2. The first kappa shape index (κ1) is 12.0. The number of nitrogens with two attached hydrogens (primary N) is 1. The molecule has 0 aliphatic heterocycles. The minimum Gasteiger partial charge on any atom is -0.490 e. The van der Waals surface area contributed by atoms with Gasteiger partial charge >= 0.3 is 0 Å². The minimum absolute atomic E-state index is 0.274. The van der Waals surface area contributed by atoms with E-state index in [4.69, 9.17) is 10.5 Å². The van der Waals surface area contributed by atoms with Crippen LogP contribution >= 0.6 is 0 Å². The van der Waals surface area contributed by atoms with Crippen molar-refractivity contribution in [2.45, 2.75) is 44.1 Å². The summed E-state index contributed by atoms with van der Waals surface area (Å²) in [5.74, 6) is 0.716. The van der Waals surface area contributed by atoms with Gasteiger partial charge in [-0.15, -0.1) is 0 Å². The molecule has 2 aliphatic carbocycles. The summed E-state index contributed by atoms with van der Waals surface area (Å²) in [6.45, 7) is 0.643. The van der Waals surface area contributed by atoms with Crippen molar-refractivity contribution in [1.82, 2.24) is 0 Å². The largest absolute Gasteiger partial charge is 0.490 e. The molecule has 0 radical (unpaired) electrons. The van der Waals surface area contributed by atoms with Crippen LogP contribution in [-0.4, -0.2) is 6.61 Å². The zero-order valence-corrected chi connectivity index (χ0v) is 10.6. The molecule has 3 rings (SSSR count). The first-order chi connectivity index (χ1) is 8.67. The molecule has 0 atom stereocenters. The Kier molecular flexibility index (Phi) is 3.02. The van der Waals surface area contributed by atoms with E-state index in [1.54, 1.807) is 12.1 Å². The number of ether oxygens (including phenoxy) is 1. The average molecular weight is 249 g/mol. The molecule has 2 nitrogen and oxygen atoms in total. The van der Waals surface area contributed by atoms with Gasteiger partial charge in [-0.05, 0) is 55.7 Å².